The van der Waals surface area contributed by atoms with E-state index >= 15 is 0 Å². The summed E-state index contributed by atoms with van der Waals surface area (Å²) in [5, 5.41) is 12.4. The summed E-state index contributed by atoms with van der Waals surface area (Å²) in [6.45, 7) is 1.80. The highest BCUT2D eigenvalue weighted by molar-refractivity contribution is 9.10. The predicted molar refractivity (Wildman–Crippen MR) is 53.1 cm³/mol. The number of benzene rings is 1. The molecule has 2 N–H and O–H groups in total. The van der Waals surface area contributed by atoms with Gasteiger partial charge in [0.2, 0.25) is 0 Å². The van der Waals surface area contributed by atoms with Gasteiger partial charge < -0.3 is 15.2 Å². The molecule has 1 aliphatic heterocycles. The Balaban J connectivity index is 2.07. The van der Waals surface area contributed by atoms with Crippen molar-refractivity contribution >= 4 is 15.9 Å². The number of hydrogen-bond donors (Lipinski definition) is 2. The fourth-order valence-electron chi connectivity index (χ4n) is 1.10. The topological polar surface area (TPSA) is 41.5 Å². The number of hydrogen-bond acceptors (Lipinski definition) is 3. The standard InChI is InChI=1S/C9H10BrNO2/c10-8-3-6(1-2-9(8)12)13-7-4-11-5-7/h1-3,7,11-12H,4-5H2. The predicted octanol–water partition coefficient (Wildman–Crippen LogP) is 1.51. The molecule has 1 aromatic carbocycles. The van der Waals surface area contributed by atoms with Crippen molar-refractivity contribution in [3.63, 3.8) is 0 Å². The molecule has 1 aromatic rings. The Morgan fingerprint density at radius 2 is 2.23 bits per heavy atom. The lowest BCUT2D eigenvalue weighted by Gasteiger charge is -2.27. The highest BCUT2D eigenvalue weighted by atomic mass is 79.9. The van der Waals surface area contributed by atoms with Gasteiger partial charge in [-0.15, -0.1) is 0 Å². The molecule has 0 bridgehead atoms. The minimum Gasteiger partial charge on any atom is -0.507 e. The molecule has 13 heavy (non-hydrogen) atoms. The van der Waals surface area contributed by atoms with E-state index < -0.39 is 0 Å². The maximum atomic E-state index is 9.23. The van der Waals surface area contributed by atoms with Gasteiger partial charge >= 0.3 is 0 Å². The monoisotopic (exact) mass is 243 g/mol. The van der Waals surface area contributed by atoms with Gasteiger partial charge in [0.1, 0.15) is 17.6 Å². The van der Waals surface area contributed by atoms with Crippen LogP contribution in [0.25, 0.3) is 0 Å². The van der Waals surface area contributed by atoms with E-state index in [-0.39, 0.29) is 11.9 Å². The number of ether oxygens (including phenoxy) is 1. The van der Waals surface area contributed by atoms with Gasteiger partial charge in [-0.05, 0) is 34.1 Å². The lowest BCUT2D eigenvalue weighted by molar-refractivity contribution is 0.142. The molecule has 4 heteroatoms. The second kappa shape index (κ2) is 3.55. The number of phenols is 1. The molecule has 1 saturated heterocycles. The Kier molecular flexibility index (Phi) is 2.42. The van der Waals surface area contributed by atoms with Crippen molar-refractivity contribution in [1.82, 2.24) is 5.32 Å². The van der Waals surface area contributed by atoms with E-state index in [9.17, 15) is 5.11 Å². The molecular formula is C9H10BrNO2. The molecule has 0 unspecified atom stereocenters. The van der Waals surface area contributed by atoms with Gasteiger partial charge in [0, 0.05) is 13.1 Å². The molecule has 0 spiro atoms. The highest BCUT2D eigenvalue weighted by Gasteiger charge is 2.18. The number of phenolic OH excluding ortho intramolecular Hbond substituents is 1. The van der Waals surface area contributed by atoms with E-state index in [4.69, 9.17) is 4.74 Å². The zero-order valence-electron chi connectivity index (χ0n) is 6.96. The van der Waals surface area contributed by atoms with Crippen LogP contribution in [0, 0.1) is 0 Å². The molecule has 0 saturated carbocycles. The van der Waals surface area contributed by atoms with Crippen molar-refractivity contribution in [3.05, 3.63) is 22.7 Å². The van der Waals surface area contributed by atoms with E-state index in [0.717, 1.165) is 18.8 Å². The maximum Gasteiger partial charge on any atom is 0.130 e. The van der Waals surface area contributed by atoms with Crippen molar-refractivity contribution in [3.8, 4) is 11.5 Å². The molecule has 70 valence electrons. The van der Waals surface area contributed by atoms with Crippen LogP contribution in [0.1, 0.15) is 0 Å². The van der Waals surface area contributed by atoms with E-state index in [1.807, 2.05) is 0 Å². The fraction of sp³-hybridized carbons (Fsp3) is 0.333. The van der Waals surface area contributed by atoms with Gasteiger partial charge in [-0.3, -0.25) is 0 Å². The Hall–Kier alpha value is -0.740. The van der Waals surface area contributed by atoms with Gasteiger partial charge in [0.05, 0.1) is 4.47 Å². The van der Waals surface area contributed by atoms with Crippen molar-refractivity contribution in [1.29, 1.82) is 0 Å². The first kappa shape index (κ1) is 8.84. The first-order chi connectivity index (χ1) is 6.25. The molecule has 1 fully saturated rings. The molecule has 1 aliphatic rings. The summed E-state index contributed by atoms with van der Waals surface area (Å²) in [5.41, 5.74) is 0. The van der Waals surface area contributed by atoms with Crippen molar-refractivity contribution in [2.75, 3.05) is 13.1 Å². The smallest absolute Gasteiger partial charge is 0.130 e. The largest absolute Gasteiger partial charge is 0.507 e. The third-order valence-electron chi connectivity index (χ3n) is 1.97. The normalized spacial score (nSPS) is 16.7. The molecular weight excluding hydrogens is 234 g/mol. The van der Waals surface area contributed by atoms with E-state index in [1.54, 1.807) is 18.2 Å². The molecule has 1 heterocycles. The number of nitrogens with one attached hydrogen (secondary N) is 1. The third kappa shape index (κ3) is 1.95. The van der Waals surface area contributed by atoms with Crippen LogP contribution in [0.5, 0.6) is 11.5 Å². The van der Waals surface area contributed by atoms with Crippen molar-refractivity contribution in [2.24, 2.45) is 0 Å². The van der Waals surface area contributed by atoms with Gasteiger partial charge in [-0.2, -0.15) is 0 Å². The average molecular weight is 244 g/mol. The molecule has 0 aromatic heterocycles. The SMILES string of the molecule is Oc1ccc(OC2CNC2)cc1Br. The summed E-state index contributed by atoms with van der Waals surface area (Å²) < 4.78 is 6.25. The van der Waals surface area contributed by atoms with Crippen LogP contribution in [-0.2, 0) is 0 Å². The van der Waals surface area contributed by atoms with Crippen LogP contribution in [0.2, 0.25) is 0 Å². The quantitative estimate of drug-likeness (QED) is 0.828. The van der Waals surface area contributed by atoms with E-state index in [2.05, 4.69) is 21.2 Å². The van der Waals surface area contributed by atoms with Gasteiger partial charge in [-0.25, -0.2) is 0 Å². The lowest BCUT2D eigenvalue weighted by atomic mass is 10.2. The molecule has 0 aliphatic carbocycles. The maximum absolute atomic E-state index is 9.23. The zero-order valence-corrected chi connectivity index (χ0v) is 8.54. The molecule has 0 atom stereocenters. The van der Waals surface area contributed by atoms with E-state index in [1.165, 1.54) is 0 Å². The summed E-state index contributed by atoms with van der Waals surface area (Å²) in [5.74, 6) is 1.02. The molecule has 3 nitrogen and oxygen atoms in total. The third-order valence-corrected chi connectivity index (χ3v) is 2.60. The van der Waals surface area contributed by atoms with Gasteiger partial charge in [-0.1, -0.05) is 0 Å². The minimum atomic E-state index is 0.235. The second-order valence-corrected chi connectivity index (χ2v) is 3.87. The van der Waals surface area contributed by atoms with Gasteiger partial charge in [0.25, 0.3) is 0 Å². The van der Waals surface area contributed by atoms with Crippen LogP contribution < -0.4 is 10.1 Å². The lowest BCUT2D eigenvalue weighted by Crippen LogP contribution is -2.50. The Bertz CT molecular complexity index is 312. The van der Waals surface area contributed by atoms with Crippen molar-refractivity contribution < 1.29 is 9.84 Å². The first-order valence-electron chi connectivity index (χ1n) is 4.11. The molecule has 0 radical (unpaired) electrons. The van der Waals surface area contributed by atoms with Crippen LogP contribution in [0.15, 0.2) is 22.7 Å². The summed E-state index contributed by atoms with van der Waals surface area (Å²) in [6.07, 6.45) is 0.274. The van der Waals surface area contributed by atoms with Crippen molar-refractivity contribution in [2.45, 2.75) is 6.10 Å². The molecule has 0 amide bonds. The van der Waals surface area contributed by atoms with Crippen LogP contribution in [-0.4, -0.2) is 24.3 Å². The Morgan fingerprint density at radius 1 is 1.46 bits per heavy atom. The van der Waals surface area contributed by atoms with Gasteiger partial charge in [0.15, 0.2) is 0 Å². The average Bonchev–Trinajstić information content (AvgIpc) is 2.04. The summed E-state index contributed by atoms with van der Waals surface area (Å²) in [4.78, 5) is 0. The number of rotatable bonds is 2. The summed E-state index contributed by atoms with van der Waals surface area (Å²) in [6, 6.07) is 5.15. The summed E-state index contributed by atoms with van der Waals surface area (Å²) in [7, 11) is 0. The molecule has 2 rings (SSSR count). The minimum absolute atomic E-state index is 0.235. The fourth-order valence-corrected chi connectivity index (χ4v) is 1.46. The first-order valence-corrected chi connectivity index (χ1v) is 4.91. The second-order valence-electron chi connectivity index (χ2n) is 3.01. The van der Waals surface area contributed by atoms with Crippen LogP contribution >= 0.6 is 15.9 Å². The summed E-state index contributed by atoms with van der Waals surface area (Å²) >= 11 is 3.23. The Morgan fingerprint density at radius 3 is 2.77 bits per heavy atom. The van der Waals surface area contributed by atoms with Crippen LogP contribution in [0.3, 0.4) is 0 Å². The highest BCUT2D eigenvalue weighted by Crippen LogP contribution is 2.28. The Labute approximate surface area is 84.8 Å². The number of aromatic hydroxyl groups is 1. The van der Waals surface area contributed by atoms with E-state index in [0.29, 0.717) is 4.47 Å². The number of halogens is 1. The zero-order chi connectivity index (χ0) is 9.26. The van der Waals surface area contributed by atoms with Crippen LogP contribution in [0.4, 0.5) is 0 Å².